The summed E-state index contributed by atoms with van der Waals surface area (Å²) in [7, 11) is 0. The summed E-state index contributed by atoms with van der Waals surface area (Å²) in [5.41, 5.74) is 5.95. The molecule has 17 heavy (non-hydrogen) atoms. The Balaban J connectivity index is 1.93. The van der Waals surface area contributed by atoms with Gasteiger partial charge in [0.15, 0.2) is 0 Å². The van der Waals surface area contributed by atoms with Gasteiger partial charge in [-0.1, -0.05) is 19.8 Å². The molecule has 1 aliphatic heterocycles. The predicted octanol–water partition coefficient (Wildman–Crippen LogP) is 3.01. The van der Waals surface area contributed by atoms with Crippen LogP contribution in [0, 0.1) is 11.8 Å². The highest BCUT2D eigenvalue weighted by Gasteiger charge is 2.33. The summed E-state index contributed by atoms with van der Waals surface area (Å²) < 4.78 is 0. The topological polar surface area (TPSA) is 29.3 Å². The first-order valence-corrected chi connectivity index (χ1v) is 7.72. The Bertz CT molecular complexity index is 229. The van der Waals surface area contributed by atoms with Crippen LogP contribution in [0.15, 0.2) is 0 Å². The maximum absolute atomic E-state index is 5.95. The number of likely N-dealkylation sites (tertiary alicyclic amines) is 1. The molecule has 2 rings (SSSR count). The van der Waals surface area contributed by atoms with Crippen molar-refractivity contribution >= 4 is 0 Å². The maximum atomic E-state index is 5.95. The number of nitrogens with two attached hydrogens (primary N) is 1. The van der Waals surface area contributed by atoms with Crippen molar-refractivity contribution < 1.29 is 0 Å². The zero-order valence-corrected chi connectivity index (χ0v) is 11.7. The number of nitrogens with zero attached hydrogens (tertiary/aromatic N) is 1. The Morgan fingerprint density at radius 1 is 1.06 bits per heavy atom. The summed E-state index contributed by atoms with van der Waals surface area (Å²) in [6.07, 6.45) is 9.77. The van der Waals surface area contributed by atoms with E-state index in [2.05, 4.69) is 18.7 Å². The highest BCUT2D eigenvalue weighted by molar-refractivity contribution is 4.88. The normalized spacial score (nSPS) is 39.7. The maximum Gasteiger partial charge on any atom is 0.00961 e. The van der Waals surface area contributed by atoms with Gasteiger partial charge in [-0.2, -0.15) is 0 Å². The summed E-state index contributed by atoms with van der Waals surface area (Å²) in [4.78, 5) is 2.79. The smallest absolute Gasteiger partial charge is 0.00961 e. The SMILES string of the molecule is CCC1CCC(C)N1CC1CCCCC1CN. The Hall–Kier alpha value is -0.0800. The van der Waals surface area contributed by atoms with Crippen LogP contribution in [0.4, 0.5) is 0 Å². The summed E-state index contributed by atoms with van der Waals surface area (Å²) in [6, 6.07) is 1.66. The third-order valence-corrected chi connectivity index (χ3v) is 5.24. The fourth-order valence-electron chi connectivity index (χ4n) is 4.00. The van der Waals surface area contributed by atoms with Crippen LogP contribution in [0.5, 0.6) is 0 Å². The van der Waals surface area contributed by atoms with Crippen molar-refractivity contribution in [1.29, 1.82) is 0 Å². The van der Waals surface area contributed by atoms with Gasteiger partial charge in [-0.3, -0.25) is 4.90 Å². The number of hydrogen-bond acceptors (Lipinski definition) is 2. The predicted molar refractivity (Wildman–Crippen MR) is 74.0 cm³/mol. The van der Waals surface area contributed by atoms with Crippen LogP contribution in [0.25, 0.3) is 0 Å². The molecule has 0 amide bonds. The largest absolute Gasteiger partial charge is 0.330 e. The second-order valence-electron chi connectivity index (χ2n) is 6.23. The molecule has 0 aromatic heterocycles. The zero-order chi connectivity index (χ0) is 12.3. The minimum absolute atomic E-state index is 0.800. The molecule has 0 radical (unpaired) electrons. The van der Waals surface area contributed by atoms with Crippen molar-refractivity contribution in [2.24, 2.45) is 17.6 Å². The van der Waals surface area contributed by atoms with Gasteiger partial charge >= 0.3 is 0 Å². The first-order valence-electron chi connectivity index (χ1n) is 7.72. The van der Waals surface area contributed by atoms with Crippen molar-refractivity contribution in [3.05, 3.63) is 0 Å². The van der Waals surface area contributed by atoms with Gasteiger partial charge in [-0.15, -0.1) is 0 Å². The van der Waals surface area contributed by atoms with Crippen molar-refractivity contribution in [3.63, 3.8) is 0 Å². The first kappa shape index (κ1) is 13.4. The number of rotatable bonds is 4. The van der Waals surface area contributed by atoms with E-state index in [1.165, 1.54) is 51.5 Å². The molecule has 4 unspecified atom stereocenters. The van der Waals surface area contributed by atoms with Crippen molar-refractivity contribution in [1.82, 2.24) is 4.90 Å². The van der Waals surface area contributed by atoms with E-state index in [1.807, 2.05) is 0 Å². The lowest BCUT2D eigenvalue weighted by atomic mass is 9.79. The van der Waals surface area contributed by atoms with Gasteiger partial charge in [0.2, 0.25) is 0 Å². The molecule has 1 aliphatic carbocycles. The molecule has 2 aliphatic rings. The lowest BCUT2D eigenvalue weighted by Crippen LogP contribution is -2.42. The molecule has 1 saturated carbocycles. The number of hydrogen-bond donors (Lipinski definition) is 1. The van der Waals surface area contributed by atoms with Crippen LogP contribution >= 0.6 is 0 Å². The van der Waals surface area contributed by atoms with Crippen LogP contribution < -0.4 is 5.73 Å². The van der Waals surface area contributed by atoms with Crippen molar-refractivity contribution in [3.8, 4) is 0 Å². The molecule has 0 aromatic carbocycles. The van der Waals surface area contributed by atoms with E-state index in [9.17, 15) is 0 Å². The molecule has 0 spiro atoms. The summed E-state index contributed by atoms with van der Waals surface area (Å²) in [5, 5.41) is 0. The van der Waals surface area contributed by atoms with E-state index < -0.39 is 0 Å². The highest BCUT2D eigenvalue weighted by atomic mass is 15.2. The molecular formula is C15H30N2. The minimum Gasteiger partial charge on any atom is -0.330 e. The van der Waals surface area contributed by atoms with Gasteiger partial charge < -0.3 is 5.73 Å². The Kier molecular flexibility index (Phi) is 4.87. The van der Waals surface area contributed by atoms with Crippen LogP contribution in [-0.4, -0.2) is 30.1 Å². The van der Waals surface area contributed by atoms with E-state index >= 15 is 0 Å². The van der Waals surface area contributed by atoms with Crippen LogP contribution in [-0.2, 0) is 0 Å². The molecule has 0 aromatic rings. The molecule has 100 valence electrons. The van der Waals surface area contributed by atoms with Gasteiger partial charge in [-0.05, 0) is 57.4 Å². The Morgan fingerprint density at radius 2 is 1.76 bits per heavy atom. The molecule has 4 atom stereocenters. The molecular weight excluding hydrogens is 208 g/mol. The van der Waals surface area contributed by atoms with Gasteiger partial charge in [0, 0.05) is 18.6 Å². The second-order valence-corrected chi connectivity index (χ2v) is 6.23. The molecule has 1 saturated heterocycles. The van der Waals surface area contributed by atoms with Crippen molar-refractivity contribution in [2.45, 2.75) is 70.9 Å². The summed E-state index contributed by atoms with van der Waals surface area (Å²) >= 11 is 0. The Morgan fingerprint density at radius 3 is 2.41 bits per heavy atom. The first-order chi connectivity index (χ1) is 8.26. The second kappa shape index (κ2) is 6.19. The standard InChI is InChI=1S/C15H30N2/c1-3-15-9-8-12(2)17(15)11-14-7-5-4-6-13(14)10-16/h12-15H,3-11,16H2,1-2H3. The summed E-state index contributed by atoms with van der Waals surface area (Å²) in [5.74, 6) is 1.68. The monoisotopic (exact) mass is 238 g/mol. The zero-order valence-electron chi connectivity index (χ0n) is 11.7. The van der Waals surface area contributed by atoms with Gasteiger partial charge in [0.05, 0.1) is 0 Å². The van der Waals surface area contributed by atoms with E-state index in [0.717, 1.165) is 30.5 Å². The molecule has 0 bridgehead atoms. The molecule has 1 heterocycles. The minimum atomic E-state index is 0.800. The van der Waals surface area contributed by atoms with Crippen LogP contribution in [0.2, 0.25) is 0 Å². The Labute approximate surface area is 107 Å². The molecule has 2 fully saturated rings. The van der Waals surface area contributed by atoms with Gasteiger partial charge in [0.25, 0.3) is 0 Å². The fourth-order valence-corrected chi connectivity index (χ4v) is 4.00. The van der Waals surface area contributed by atoms with E-state index in [4.69, 9.17) is 5.73 Å². The molecule has 2 N–H and O–H groups in total. The van der Waals surface area contributed by atoms with Gasteiger partial charge in [-0.25, -0.2) is 0 Å². The highest BCUT2D eigenvalue weighted by Crippen LogP contribution is 2.34. The average molecular weight is 238 g/mol. The molecule has 2 heteroatoms. The lowest BCUT2D eigenvalue weighted by Gasteiger charge is -2.37. The lowest BCUT2D eigenvalue weighted by molar-refractivity contribution is 0.118. The van der Waals surface area contributed by atoms with Crippen LogP contribution in [0.3, 0.4) is 0 Å². The van der Waals surface area contributed by atoms with Gasteiger partial charge in [0.1, 0.15) is 0 Å². The van der Waals surface area contributed by atoms with Crippen LogP contribution in [0.1, 0.15) is 58.8 Å². The fraction of sp³-hybridized carbons (Fsp3) is 1.00. The van der Waals surface area contributed by atoms with Crippen molar-refractivity contribution in [2.75, 3.05) is 13.1 Å². The van der Waals surface area contributed by atoms with E-state index in [1.54, 1.807) is 0 Å². The average Bonchev–Trinajstić information content (AvgIpc) is 2.71. The van der Waals surface area contributed by atoms with E-state index in [-0.39, 0.29) is 0 Å². The van der Waals surface area contributed by atoms with E-state index in [0.29, 0.717) is 0 Å². The third-order valence-electron chi connectivity index (χ3n) is 5.24. The third kappa shape index (κ3) is 3.03. The molecule has 2 nitrogen and oxygen atoms in total. The quantitative estimate of drug-likeness (QED) is 0.816. The summed E-state index contributed by atoms with van der Waals surface area (Å²) in [6.45, 7) is 6.98.